The number of rotatable bonds is 5. The van der Waals surface area contributed by atoms with Gasteiger partial charge in [-0.2, -0.15) is 0 Å². The van der Waals surface area contributed by atoms with E-state index in [9.17, 15) is 14.4 Å². The van der Waals surface area contributed by atoms with Crippen molar-refractivity contribution in [3.63, 3.8) is 0 Å². The molecule has 106 valence electrons. The summed E-state index contributed by atoms with van der Waals surface area (Å²) in [5, 5.41) is 11.6. The molecule has 1 rings (SSSR count). The molecule has 0 aliphatic heterocycles. The summed E-state index contributed by atoms with van der Waals surface area (Å²) in [5.74, 6) is -2.11. The van der Waals surface area contributed by atoms with Crippen LogP contribution in [-0.2, 0) is 4.79 Å². The lowest BCUT2D eigenvalue weighted by Crippen LogP contribution is -2.35. The summed E-state index contributed by atoms with van der Waals surface area (Å²) in [7, 11) is 0. The van der Waals surface area contributed by atoms with E-state index in [0.29, 0.717) is 6.42 Å². The zero-order valence-corrected chi connectivity index (χ0v) is 11.2. The number of hydrogen-bond acceptors (Lipinski definition) is 3. The highest BCUT2D eigenvalue weighted by atomic mass is 16.4. The van der Waals surface area contributed by atoms with Crippen molar-refractivity contribution in [2.24, 2.45) is 11.3 Å². The Morgan fingerprint density at radius 3 is 2.47 bits per heavy atom. The third-order valence-corrected chi connectivity index (χ3v) is 2.56. The molecule has 0 saturated carbocycles. The van der Waals surface area contributed by atoms with E-state index in [1.807, 2.05) is 20.8 Å². The van der Waals surface area contributed by atoms with Crippen LogP contribution in [0.25, 0.3) is 0 Å². The first-order chi connectivity index (χ1) is 8.69. The number of carboxylic acid groups (broad SMARTS) is 1. The Morgan fingerprint density at radius 2 is 2.05 bits per heavy atom. The molecular formula is C12H19N3O4. The molecule has 1 unspecified atom stereocenters. The topological polar surface area (TPSA) is 115 Å². The zero-order valence-electron chi connectivity index (χ0n) is 11.2. The average molecular weight is 269 g/mol. The van der Waals surface area contributed by atoms with Gasteiger partial charge in [0.15, 0.2) is 0 Å². The highest BCUT2D eigenvalue weighted by Gasteiger charge is 2.25. The molecule has 0 aromatic carbocycles. The van der Waals surface area contributed by atoms with E-state index in [1.54, 1.807) is 0 Å². The van der Waals surface area contributed by atoms with Gasteiger partial charge in [-0.1, -0.05) is 20.8 Å². The largest absolute Gasteiger partial charge is 0.481 e. The van der Waals surface area contributed by atoms with Crippen LogP contribution in [0.2, 0.25) is 0 Å². The Morgan fingerprint density at radius 1 is 1.42 bits per heavy atom. The molecule has 0 aliphatic carbocycles. The third-order valence-electron chi connectivity index (χ3n) is 2.56. The number of carboxylic acids is 1. The lowest BCUT2D eigenvalue weighted by molar-refractivity contribution is -0.142. The average Bonchev–Trinajstić information content (AvgIpc) is 2.68. The fraction of sp³-hybridized carbons (Fsp3) is 0.583. The van der Waals surface area contributed by atoms with Crippen LogP contribution in [0.3, 0.4) is 0 Å². The molecule has 0 bridgehead atoms. The van der Waals surface area contributed by atoms with Crippen LogP contribution in [-0.4, -0.2) is 33.5 Å². The van der Waals surface area contributed by atoms with E-state index in [-0.39, 0.29) is 17.7 Å². The Labute approximate surface area is 110 Å². The van der Waals surface area contributed by atoms with Crippen LogP contribution in [0.15, 0.2) is 11.0 Å². The fourth-order valence-electron chi connectivity index (χ4n) is 1.75. The second kappa shape index (κ2) is 5.73. The number of nitrogens with one attached hydrogen (secondary N) is 3. The van der Waals surface area contributed by atoms with E-state index in [0.717, 1.165) is 0 Å². The Balaban J connectivity index is 2.59. The second-order valence-corrected chi connectivity index (χ2v) is 5.67. The SMILES string of the molecule is CC(C)(C)CC(CNC(=O)c1c[nH]c(=O)[nH]1)C(=O)O. The third kappa shape index (κ3) is 4.99. The number of amides is 1. The first-order valence-electron chi connectivity index (χ1n) is 5.98. The Kier molecular flexibility index (Phi) is 4.52. The minimum Gasteiger partial charge on any atom is -0.481 e. The van der Waals surface area contributed by atoms with Crippen molar-refractivity contribution < 1.29 is 14.7 Å². The zero-order chi connectivity index (χ0) is 14.6. The second-order valence-electron chi connectivity index (χ2n) is 5.67. The lowest BCUT2D eigenvalue weighted by atomic mass is 9.84. The molecule has 0 spiro atoms. The standard InChI is InChI=1S/C12H19N3O4/c1-12(2,3)4-7(10(17)18)5-13-9(16)8-6-14-11(19)15-8/h6-7H,4-5H2,1-3H3,(H,13,16)(H,17,18)(H2,14,15,19). The van der Waals surface area contributed by atoms with Crippen LogP contribution in [0.1, 0.15) is 37.7 Å². The number of aromatic amines is 2. The summed E-state index contributed by atoms with van der Waals surface area (Å²) in [4.78, 5) is 38.2. The summed E-state index contributed by atoms with van der Waals surface area (Å²) in [6.07, 6.45) is 1.70. The summed E-state index contributed by atoms with van der Waals surface area (Å²) in [6.45, 7) is 5.84. The quantitative estimate of drug-likeness (QED) is 0.625. The number of aromatic nitrogens is 2. The molecule has 1 atom stereocenters. The molecule has 0 aliphatic rings. The molecule has 0 radical (unpaired) electrons. The summed E-state index contributed by atoms with van der Waals surface area (Å²) >= 11 is 0. The van der Waals surface area contributed by atoms with Gasteiger partial charge in [0.2, 0.25) is 0 Å². The van der Waals surface area contributed by atoms with Crippen molar-refractivity contribution in [1.29, 1.82) is 0 Å². The fourth-order valence-corrected chi connectivity index (χ4v) is 1.75. The first-order valence-corrected chi connectivity index (χ1v) is 5.98. The Hall–Kier alpha value is -2.05. The van der Waals surface area contributed by atoms with E-state index in [1.165, 1.54) is 6.20 Å². The molecule has 4 N–H and O–H groups in total. The minimum absolute atomic E-state index is 0.0264. The van der Waals surface area contributed by atoms with Gasteiger partial charge in [-0.15, -0.1) is 0 Å². The van der Waals surface area contributed by atoms with E-state index >= 15 is 0 Å². The molecule has 1 aromatic heterocycles. The summed E-state index contributed by atoms with van der Waals surface area (Å²) in [5.41, 5.74) is -0.532. The van der Waals surface area contributed by atoms with Crippen molar-refractivity contribution in [3.8, 4) is 0 Å². The molecule has 1 aromatic rings. The predicted molar refractivity (Wildman–Crippen MR) is 68.9 cm³/mol. The summed E-state index contributed by atoms with van der Waals surface area (Å²) in [6, 6.07) is 0. The number of imidazole rings is 1. The molecule has 0 fully saturated rings. The van der Waals surface area contributed by atoms with Crippen molar-refractivity contribution in [3.05, 3.63) is 22.4 Å². The lowest BCUT2D eigenvalue weighted by Gasteiger charge is -2.23. The van der Waals surface area contributed by atoms with Crippen LogP contribution >= 0.6 is 0 Å². The normalized spacial score (nSPS) is 13.0. The van der Waals surface area contributed by atoms with Crippen molar-refractivity contribution >= 4 is 11.9 Å². The van der Waals surface area contributed by atoms with Gasteiger partial charge in [-0.05, 0) is 11.8 Å². The Bertz CT molecular complexity index is 510. The first kappa shape index (κ1) is 15.0. The van der Waals surface area contributed by atoms with Crippen LogP contribution < -0.4 is 11.0 Å². The molecular weight excluding hydrogens is 250 g/mol. The molecule has 19 heavy (non-hydrogen) atoms. The van der Waals surface area contributed by atoms with Gasteiger partial charge in [-0.25, -0.2) is 4.79 Å². The number of carbonyl (C=O) groups is 2. The van der Waals surface area contributed by atoms with Crippen molar-refractivity contribution in [2.75, 3.05) is 6.54 Å². The van der Waals surface area contributed by atoms with E-state index < -0.39 is 23.5 Å². The number of hydrogen-bond donors (Lipinski definition) is 4. The highest BCUT2D eigenvalue weighted by Crippen LogP contribution is 2.24. The molecule has 0 saturated heterocycles. The maximum absolute atomic E-state index is 11.7. The highest BCUT2D eigenvalue weighted by molar-refractivity contribution is 5.92. The van der Waals surface area contributed by atoms with Gasteiger partial charge in [0.25, 0.3) is 5.91 Å². The van der Waals surface area contributed by atoms with Gasteiger partial charge in [0.1, 0.15) is 5.69 Å². The van der Waals surface area contributed by atoms with Crippen LogP contribution in [0.4, 0.5) is 0 Å². The molecule has 1 heterocycles. The molecule has 7 heteroatoms. The van der Waals surface area contributed by atoms with E-state index in [2.05, 4.69) is 15.3 Å². The maximum Gasteiger partial charge on any atom is 0.323 e. The number of carbonyl (C=O) groups excluding carboxylic acids is 1. The smallest absolute Gasteiger partial charge is 0.323 e. The van der Waals surface area contributed by atoms with Crippen molar-refractivity contribution in [1.82, 2.24) is 15.3 Å². The predicted octanol–water partition coefficient (Wildman–Crippen LogP) is 0.570. The monoisotopic (exact) mass is 269 g/mol. The van der Waals surface area contributed by atoms with Crippen molar-refractivity contribution in [2.45, 2.75) is 27.2 Å². The molecule has 1 amide bonds. The van der Waals surface area contributed by atoms with Gasteiger partial charge in [0.05, 0.1) is 5.92 Å². The van der Waals surface area contributed by atoms with E-state index in [4.69, 9.17) is 5.11 Å². The van der Waals surface area contributed by atoms with Gasteiger partial charge >= 0.3 is 11.7 Å². The van der Waals surface area contributed by atoms with Gasteiger partial charge in [0, 0.05) is 12.7 Å². The summed E-state index contributed by atoms with van der Waals surface area (Å²) < 4.78 is 0. The van der Waals surface area contributed by atoms with Gasteiger partial charge in [-0.3, -0.25) is 9.59 Å². The molecule has 7 nitrogen and oxygen atoms in total. The van der Waals surface area contributed by atoms with Gasteiger partial charge < -0.3 is 20.4 Å². The van der Waals surface area contributed by atoms with Crippen LogP contribution in [0, 0.1) is 11.3 Å². The minimum atomic E-state index is -0.946. The van der Waals surface area contributed by atoms with Crippen LogP contribution in [0.5, 0.6) is 0 Å². The number of H-pyrrole nitrogens is 2. The number of aliphatic carboxylic acids is 1. The maximum atomic E-state index is 11.7.